The largest absolute Gasteiger partial charge is 0.337 e. The second-order valence-electron chi connectivity index (χ2n) is 8.95. The molecule has 4 aromatic rings. The van der Waals surface area contributed by atoms with E-state index in [-0.39, 0.29) is 11.9 Å². The number of benzene rings is 1. The van der Waals surface area contributed by atoms with Gasteiger partial charge in [0.2, 0.25) is 0 Å². The number of carbonyl (C=O) groups is 1. The molecule has 7 heteroatoms. The Morgan fingerprint density at radius 1 is 1.06 bits per heavy atom. The Morgan fingerprint density at radius 2 is 1.88 bits per heavy atom. The molecular formula is C27H30N4OS2. The lowest BCUT2D eigenvalue weighted by Gasteiger charge is -2.40. The smallest absolute Gasteiger partial charge is 0.263 e. The van der Waals surface area contributed by atoms with Crippen molar-refractivity contribution < 1.29 is 4.79 Å². The van der Waals surface area contributed by atoms with Gasteiger partial charge in [-0.2, -0.15) is 0 Å². The van der Waals surface area contributed by atoms with Gasteiger partial charge < -0.3 is 4.90 Å². The molecule has 4 heterocycles. The maximum atomic E-state index is 13.2. The van der Waals surface area contributed by atoms with E-state index in [0.717, 1.165) is 48.9 Å². The monoisotopic (exact) mass is 490 g/mol. The molecule has 0 aliphatic carbocycles. The van der Waals surface area contributed by atoms with Gasteiger partial charge in [-0.3, -0.25) is 14.3 Å². The van der Waals surface area contributed by atoms with Crippen LogP contribution in [0.25, 0.3) is 5.13 Å². The van der Waals surface area contributed by atoms with Gasteiger partial charge in [-0.05, 0) is 67.4 Å². The Hall–Kier alpha value is -2.74. The molecule has 0 unspecified atom stereocenters. The maximum Gasteiger partial charge on any atom is 0.263 e. The topological polar surface area (TPSA) is 41.4 Å². The van der Waals surface area contributed by atoms with Gasteiger partial charge in [0.05, 0.1) is 4.88 Å². The Bertz CT molecular complexity index is 1160. The quantitative estimate of drug-likeness (QED) is 0.323. The first-order valence-electron chi connectivity index (χ1n) is 11.8. The second kappa shape index (κ2) is 10.7. The van der Waals surface area contributed by atoms with Crippen molar-refractivity contribution in [2.24, 2.45) is 5.92 Å². The summed E-state index contributed by atoms with van der Waals surface area (Å²) >= 11 is 3.19. The molecule has 5 rings (SSSR count). The molecule has 1 atom stereocenters. The highest BCUT2D eigenvalue weighted by Gasteiger charge is 2.32. The molecule has 34 heavy (non-hydrogen) atoms. The average molecular weight is 491 g/mol. The molecule has 0 radical (unpaired) electrons. The van der Waals surface area contributed by atoms with Crippen molar-refractivity contribution in [3.63, 3.8) is 0 Å². The lowest BCUT2D eigenvalue weighted by molar-refractivity contribution is 0.0588. The fourth-order valence-electron chi connectivity index (χ4n) is 4.99. The molecule has 0 saturated carbocycles. The summed E-state index contributed by atoms with van der Waals surface area (Å²) in [5.74, 6) is 0.621. The Balaban J connectivity index is 1.27. The summed E-state index contributed by atoms with van der Waals surface area (Å²) in [6.07, 6.45) is 7.04. The predicted molar refractivity (Wildman–Crippen MR) is 140 cm³/mol. The van der Waals surface area contributed by atoms with Crippen LogP contribution in [0.5, 0.6) is 0 Å². The number of piperidine rings is 1. The van der Waals surface area contributed by atoms with Crippen molar-refractivity contribution in [2.75, 3.05) is 20.1 Å². The number of aromatic nitrogens is 2. The summed E-state index contributed by atoms with van der Waals surface area (Å²) in [7, 11) is 1.99. The lowest BCUT2D eigenvalue weighted by atomic mass is 9.85. The van der Waals surface area contributed by atoms with Crippen LogP contribution in [0.3, 0.4) is 0 Å². The average Bonchev–Trinajstić information content (AvgIpc) is 3.66. The van der Waals surface area contributed by atoms with Crippen LogP contribution in [0.15, 0.2) is 77.8 Å². The minimum absolute atomic E-state index is 0.139. The Morgan fingerprint density at radius 3 is 2.59 bits per heavy atom. The van der Waals surface area contributed by atoms with Gasteiger partial charge in [0.15, 0.2) is 5.13 Å². The van der Waals surface area contributed by atoms with E-state index in [1.165, 1.54) is 22.6 Å². The molecule has 1 aliphatic rings. The lowest BCUT2D eigenvalue weighted by Crippen LogP contribution is -2.47. The van der Waals surface area contributed by atoms with Crippen LogP contribution in [0.4, 0.5) is 0 Å². The van der Waals surface area contributed by atoms with E-state index in [9.17, 15) is 4.79 Å². The van der Waals surface area contributed by atoms with Crippen LogP contribution in [-0.2, 0) is 13.0 Å². The van der Waals surface area contributed by atoms with Crippen LogP contribution < -0.4 is 0 Å². The van der Waals surface area contributed by atoms with Crippen LogP contribution in [-0.4, -0.2) is 51.4 Å². The van der Waals surface area contributed by atoms with Gasteiger partial charge in [-0.15, -0.1) is 22.7 Å². The first-order chi connectivity index (χ1) is 16.7. The summed E-state index contributed by atoms with van der Waals surface area (Å²) in [5, 5.41) is 5.02. The highest BCUT2D eigenvalue weighted by molar-refractivity contribution is 7.12. The fourth-order valence-corrected chi connectivity index (χ4v) is 6.35. The highest BCUT2D eigenvalue weighted by atomic mass is 32.1. The van der Waals surface area contributed by atoms with Gasteiger partial charge in [-0.1, -0.05) is 36.4 Å². The van der Waals surface area contributed by atoms with Crippen molar-refractivity contribution in [1.29, 1.82) is 0 Å². The van der Waals surface area contributed by atoms with Gasteiger partial charge in [0, 0.05) is 43.1 Å². The number of hydrogen-bond donors (Lipinski definition) is 0. The molecule has 1 fully saturated rings. The van der Waals surface area contributed by atoms with Crippen molar-refractivity contribution in [1.82, 2.24) is 19.4 Å². The standard InChI is InChI=1S/C27H30N4OS2/c1-29(26(32)25-10-6-17-33-25)24(19-21-7-3-2-4-8-21)22-11-15-30(16-12-22)20-23-9-5-14-31(23)27-28-13-18-34-27/h2-10,13-14,17-18,22,24H,11-12,15-16,19-20H2,1H3/t24-/m1/s1. The first kappa shape index (κ1) is 23.0. The number of likely N-dealkylation sites (N-methyl/N-ethyl adjacent to an activating group) is 1. The number of amides is 1. The molecule has 5 nitrogen and oxygen atoms in total. The van der Waals surface area contributed by atoms with Gasteiger partial charge in [0.1, 0.15) is 0 Å². The molecule has 1 aromatic carbocycles. The van der Waals surface area contributed by atoms with Crippen molar-refractivity contribution in [3.8, 4) is 5.13 Å². The predicted octanol–water partition coefficient (Wildman–Crippen LogP) is 5.59. The fraction of sp³-hybridized carbons (Fsp3) is 0.333. The normalized spacial score (nSPS) is 15.9. The van der Waals surface area contributed by atoms with E-state index >= 15 is 0 Å². The van der Waals surface area contributed by atoms with E-state index < -0.39 is 0 Å². The summed E-state index contributed by atoms with van der Waals surface area (Å²) < 4.78 is 2.20. The Kier molecular flexibility index (Phi) is 7.23. The van der Waals surface area contributed by atoms with E-state index in [2.05, 4.69) is 63.1 Å². The zero-order chi connectivity index (χ0) is 23.3. The van der Waals surface area contributed by atoms with E-state index in [1.807, 2.05) is 41.0 Å². The molecule has 3 aromatic heterocycles. The van der Waals surface area contributed by atoms with Crippen molar-refractivity contribution in [2.45, 2.75) is 31.8 Å². The molecule has 1 saturated heterocycles. The van der Waals surface area contributed by atoms with E-state index in [1.54, 1.807) is 11.3 Å². The van der Waals surface area contributed by atoms with Crippen molar-refractivity contribution >= 4 is 28.6 Å². The zero-order valence-electron chi connectivity index (χ0n) is 19.4. The molecule has 1 amide bonds. The summed E-state index contributed by atoms with van der Waals surface area (Å²) in [6, 6.07) is 19.0. The summed E-state index contributed by atoms with van der Waals surface area (Å²) in [5.41, 5.74) is 2.57. The van der Waals surface area contributed by atoms with Crippen LogP contribution >= 0.6 is 22.7 Å². The van der Waals surface area contributed by atoms with Crippen LogP contribution in [0.2, 0.25) is 0 Å². The maximum absolute atomic E-state index is 13.2. The number of thiophene rings is 1. The van der Waals surface area contributed by atoms with E-state index in [0.29, 0.717) is 5.92 Å². The van der Waals surface area contributed by atoms with Crippen molar-refractivity contribution in [3.05, 3.63) is 93.9 Å². The zero-order valence-corrected chi connectivity index (χ0v) is 21.0. The van der Waals surface area contributed by atoms with E-state index in [4.69, 9.17) is 0 Å². The number of nitrogens with zero attached hydrogens (tertiary/aromatic N) is 4. The number of hydrogen-bond acceptors (Lipinski definition) is 5. The number of likely N-dealkylation sites (tertiary alicyclic amines) is 1. The third-order valence-electron chi connectivity index (χ3n) is 6.86. The summed E-state index contributed by atoms with van der Waals surface area (Å²) in [6.45, 7) is 3.01. The van der Waals surface area contributed by atoms with Crippen LogP contribution in [0.1, 0.15) is 33.8 Å². The molecule has 176 valence electrons. The van der Waals surface area contributed by atoms with Gasteiger partial charge >= 0.3 is 0 Å². The second-order valence-corrected chi connectivity index (χ2v) is 10.8. The molecule has 0 N–H and O–H groups in total. The SMILES string of the molecule is CN(C(=O)c1cccs1)[C@H](Cc1ccccc1)C1CCN(Cc2cccn2-c2nccs2)CC1. The number of thiazole rings is 1. The first-order valence-corrected chi connectivity index (χ1v) is 13.6. The molecule has 1 aliphatic heterocycles. The third kappa shape index (κ3) is 5.17. The van der Waals surface area contributed by atoms with Gasteiger partial charge in [0.25, 0.3) is 5.91 Å². The molecule has 0 bridgehead atoms. The Labute approximate surface area is 209 Å². The molecule has 0 spiro atoms. The third-order valence-corrected chi connectivity index (χ3v) is 8.49. The summed E-state index contributed by atoms with van der Waals surface area (Å²) in [4.78, 5) is 23.1. The minimum atomic E-state index is 0.139. The number of carbonyl (C=O) groups excluding carboxylic acids is 1. The minimum Gasteiger partial charge on any atom is -0.337 e. The highest BCUT2D eigenvalue weighted by Crippen LogP contribution is 2.29. The number of rotatable bonds is 8. The van der Waals surface area contributed by atoms with Crippen LogP contribution in [0, 0.1) is 5.92 Å². The molecular weight excluding hydrogens is 460 g/mol. The van der Waals surface area contributed by atoms with Gasteiger partial charge in [-0.25, -0.2) is 4.98 Å².